The second kappa shape index (κ2) is 4.10. The van der Waals surface area contributed by atoms with Gasteiger partial charge in [-0.15, -0.1) is 0 Å². The fourth-order valence-corrected chi connectivity index (χ4v) is 1.98. The molecule has 0 radical (unpaired) electrons. The molecule has 0 saturated heterocycles. The molecule has 0 aliphatic heterocycles. The number of hydrogen-bond donors (Lipinski definition) is 2. The Morgan fingerprint density at radius 1 is 1.17 bits per heavy atom. The van der Waals surface area contributed by atoms with Crippen LogP contribution in [0.1, 0.15) is 5.69 Å². The molecule has 0 amide bonds. The van der Waals surface area contributed by atoms with Crippen LogP contribution in [0.3, 0.4) is 0 Å². The van der Waals surface area contributed by atoms with Crippen molar-refractivity contribution in [2.45, 2.75) is 6.92 Å². The largest absolute Gasteiger partial charge is 0.357 e. The minimum absolute atomic E-state index is 0.649. The van der Waals surface area contributed by atoms with Crippen molar-refractivity contribution in [2.75, 3.05) is 12.4 Å². The summed E-state index contributed by atoms with van der Waals surface area (Å²) in [5, 5.41) is 10.8. The molecule has 18 heavy (non-hydrogen) atoms. The molecular formula is C13H13N5. The molecule has 5 nitrogen and oxygen atoms in total. The number of rotatable bonds is 2. The van der Waals surface area contributed by atoms with Gasteiger partial charge in [0.15, 0.2) is 0 Å². The van der Waals surface area contributed by atoms with Crippen molar-refractivity contribution in [3.05, 3.63) is 36.3 Å². The lowest BCUT2D eigenvalue weighted by Gasteiger charge is -2.06. The number of aromatic amines is 1. The highest BCUT2D eigenvalue weighted by Gasteiger charge is 2.06. The Morgan fingerprint density at radius 2 is 2.06 bits per heavy atom. The predicted octanol–water partition coefficient (Wildman–Crippen LogP) is 2.37. The Morgan fingerprint density at radius 3 is 2.78 bits per heavy atom. The van der Waals surface area contributed by atoms with Crippen LogP contribution in [0.25, 0.3) is 22.0 Å². The molecule has 2 heterocycles. The number of benzene rings is 1. The lowest BCUT2D eigenvalue weighted by atomic mass is 10.1. The Labute approximate surface area is 104 Å². The van der Waals surface area contributed by atoms with Crippen LogP contribution >= 0.6 is 0 Å². The van der Waals surface area contributed by atoms with Crippen molar-refractivity contribution in [1.29, 1.82) is 0 Å². The zero-order chi connectivity index (χ0) is 12.5. The smallest absolute Gasteiger partial charge is 0.223 e. The van der Waals surface area contributed by atoms with E-state index < -0.39 is 0 Å². The van der Waals surface area contributed by atoms with Crippen LogP contribution in [0.2, 0.25) is 0 Å². The van der Waals surface area contributed by atoms with Gasteiger partial charge in [0.25, 0.3) is 0 Å². The van der Waals surface area contributed by atoms with Crippen LogP contribution in [0, 0.1) is 6.92 Å². The molecule has 0 fully saturated rings. The Balaban J connectivity index is 2.21. The maximum atomic E-state index is 4.43. The third-order valence-corrected chi connectivity index (χ3v) is 2.94. The molecule has 0 aliphatic carbocycles. The maximum absolute atomic E-state index is 4.43. The number of nitrogens with one attached hydrogen (secondary N) is 2. The quantitative estimate of drug-likeness (QED) is 0.720. The summed E-state index contributed by atoms with van der Waals surface area (Å²) in [6, 6.07) is 6.14. The SMILES string of the molecule is CNc1nc(C)c2cc(-c3cn[nH]c3)ccc2n1. The van der Waals surface area contributed by atoms with Gasteiger partial charge in [0.2, 0.25) is 5.95 Å². The zero-order valence-corrected chi connectivity index (χ0v) is 10.2. The number of fused-ring (bicyclic) bond motifs is 1. The summed E-state index contributed by atoms with van der Waals surface area (Å²) in [5.74, 6) is 0.649. The van der Waals surface area contributed by atoms with Gasteiger partial charge in [-0.05, 0) is 24.6 Å². The molecule has 3 aromatic rings. The Hall–Kier alpha value is -2.43. The predicted molar refractivity (Wildman–Crippen MR) is 71.4 cm³/mol. The first-order valence-electron chi connectivity index (χ1n) is 5.73. The van der Waals surface area contributed by atoms with Gasteiger partial charge in [-0.1, -0.05) is 6.07 Å². The molecule has 2 aromatic heterocycles. The van der Waals surface area contributed by atoms with Gasteiger partial charge in [0.05, 0.1) is 17.4 Å². The van der Waals surface area contributed by atoms with Gasteiger partial charge in [-0.25, -0.2) is 9.97 Å². The minimum atomic E-state index is 0.649. The fraction of sp³-hybridized carbons (Fsp3) is 0.154. The molecular weight excluding hydrogens is 226 g/mol. The standard InChI is InChI=1S/C13H13N5/c1-8-11-5-9(10-6-15-16-7-10)3-4-12(11)18-13(14-2)17-8/h3-7H,1-2H3,(H,15,16)(H,14,17,18). The van der Waals surface area contributed by atoms with Gasteiger partial charge < -0.3 is 5.32 Å². The van der Waals surface area contributed by atoms with Crippen LogP contribution in [0.15, 0.2) is 30.6 Å². The summed E-state index contributed by atoms with van der Waals surface area (Å²) in [6.45, 7) is 1.99. The Kier molecular flexibility index (Phi) is 2.44. The number of nitrogens with zero attached hydrogens (tertiary/aromatic N) is 3. The van der Waals surface area contributed by atoms with Crippen molar-refractivity contribution in [1.82, 2.24) is 20.2 Å². The first kappa shape index (κ1) is 10.7. The van der Waals surface area contributed by atoms with Crippen molar-refractivity contribution in [3.63, 3.8) is 0 Å². The summed E-state index contributed by atoms with van der Waals surface area (Å²) in [5.41, 5.74) is 4.09. The summed E-state index contributed by atoms with van der Waals surface area (Å²) in [6.07, 6.45) is 3.68. The normalized spacial score (nSPS) is 10.8. The second-order valence-corrected chi connectivity index (χ2v) is 4.10. The van der Waals surface area contributed by atoms with Crippen molar-refractivity contribution < 1.29 is 0 Å². The second-order valence-electron chi connectivity index (χ2n) is 4.10. The maximum Gasteiger partial charge on any atom is 0.223 e. The van der Waals surface area contributed by atoms with E-state index in [1.807, 2.05) is 32.3 Å². The van der Waals surface area contributed by atoms with Crippen molar-refractivity contribution in [2.24, 2.45) is 0 Å². The average Bonchev–Trinajstić information content (AvgIpc) is 2.92. The molecule has 3 rings (SSSR count). The number of aromatic nitrogens is 4. The first-order valence-corrected chi connectivity index (χ1v) is 5.73. The third-order valence-electron chi connectivity index (χ3n) is 2.94. The van der Waals surface area contributed by atoms with E-state index in [0.29, 0.717) is 5.95 Å². The van der Waals surface area contributed by atoms with Gasteiger partial charge in [0.1, 0.15) is 0 Å². The molecule has 0 spiro atoms. The molecule has 1 aromatic carbocycles. The van der Waals surface area contributed by atoms with Gasteiger partial charge in [0, 0.05) is 24.2 Å². The van der Waals surface area contributed by atoms with Crippen LogP contribution in [0.4, 0.5) is 5.95 Å². The van der Waals surface area contributed by atoms with E-state index >= 15 is 0 Å². The van der Waals surface area contributed by atoms with E-state index in [1.165, 1.54) is 0 Å². The molecule has 0 atom stereocenters. The lowest BCUT2D eigenvalue weighted by molar-refractivity contribution is 1.09. The number of aryl methyl sites for hydroxylation is 1. The van der Waals surface area contributed by atoms with Crippen LogP contribution in [-0.4, -0.2) is 27.2 Å². The van der Waals surface area contributed by atoms with Crippen LogP contribution in [-0.2, 0) is 0 Å². The summed E-state index contributed by atoms with van der Waals surface area (Å²) in [7, 11) is 1.82. The first-order chi connectivity index (χ1) is 8.78. The van der Waals surface area contributed by atoms with Crippen molar-refractivity contribution in [3.8, 4) is 11.1 Å². The lowest BCUT2D eigenvalue weighted by Crippen LogP contribution is -1.98. The van der Waals surface area contributed by atoms with Crippen LogP contribution < -0.4 is 5.32 Å². The van der Waals surface area contributed by atoms with Crippen molar-refractivity contribution >= 4 is 16.9 Å². The minimum Gasteiger partial charge on any atom is -0.357 e. The average molecular weight is 239 g/mol. The fourth-order valence-electron chi connectivity index (χ4n) is 1.98. The molecule has 0 aliphatic rings. The third kappa shape index (κ3) is 1.69. The molecule has 2 N–H and O–H groups in total. The molecule has 5 heteroatoms. The number of anilines is 1. The van der Waals surface area contributed by atoms with Gasteiger partial charge in [-0.2, -0.15) is 5.10 Å². The van der Waals surface area contributed by atoms with Gasteiger partial charge >= 0.3 is 0 Å². The molecule has 0 saturated carbocycles. The van der Waals surface area contributed by atoms with Gasteiger partial charge in [-0.3, -0.25) is 5.10 Å². The highest BCUT2D eigenvalue weighted by molar-refractivity contribution is 5.86. The van der Waals surface area contributed by atoms with E-state index in [-0.39, 0.29) is 0 Å². The zero-order valence-electron chi connectivity index (χ0n) is 10.2. The summed E-state index contributed by atoms with van der Waals surface area (Å²) in [4.78, 5) is 8.83. The highest BCUT2D eigenvalue weighted by Crippen LogP contribution is 2.24. The summed E-state index contributed by atoms with van der Waals surface area (Å²) >= 11 is 0. The van der Waals surface area contributed by atoms with E-state index in [4.69, 9.17) is 0 Å². The van der Waals surface area contributed by atoms with E-state index in [1.54, 1.807) is 6.20 Å². The van der Waals surface area contributed by atoms with E-state index in [9.17, 15) is 0 Å². The molecule has 90 valence electrons. The highest BCUT2D eigenvalue weighted by atomic mass is 15.1. The Bertz CT molecular complexity index is 688. The van der Waals surface area contributed by atoms with E-state index in [2.05, 4.69) is 31.5 Å². The molecule has 0 unspecified atom stereocenters. The number of hydrogen-bond acceptors (Lipinski definition) is 4. The monoisotopic (exact) mass is 239 g/mol. The van der Waals surface area contributed by atoms with E-state index in [0.717, 1.165) is 27.7 Å². The van der Waals surface area contributed by atoms with Crippen LogP contribution in [0.5, 0.6) is 0 Å². The number of H-pyrrole nitrogens is 1. The topological polar surface area (TPSA) is 66.5 Å². The molecule has 0 bridgehead atoms. The summed E-state index contributed by atoms with van der Waals surface area (Å²) < 4.78 is 0.